The fourth-order valence-electron chi connectivity index (χ4n) is 2.41. The summed E-state index contributed by atoms with van der Waals surface area (Å²) in [5, 5.41) is 4.11. The van der Waals surface area contributed by atoms with E-state index in [2.05, 4.69) is 27.0 Å². The minimum atomic E-state index is -0.145. The number of hydrogen-bond acceptors (Lipinski definition) is 5. The van der Waals surface area contributed by atoms with Crippen LogP contribution in [-0.4, -0.2) is 31.8 Å². The first-order valence-electron chi connectivity index (χ1n) is 7.30. The van der Waals surface area contributed by atoms with Gasteiger partial charge in [0.2, 0.25) is 0 Å². The lowest BCUT2D eigenvalue weighted by Gasteiger charge is -2.26. The van der Waals surface area contributed by atoms with Crippen molar-refractivity contribution in [3.8, 4) is 5.69 Å². The molecule has 0 aliphatic heterocycles. The summed E-state index contributed by atoms with van der Waals surface area (Å²) in [7, 11) is 1.93. The van der Waals surface area contributed by atoms with Crippen LogP contribution in [0.1, 0.15) is 24.4 Å². The van der Waals surface area contributed by atoms with Gasteiger partial charge in [0.15, 0.2) is 0 Å². The van der Waals surface area contributed by atoms with Crippen LogP contribution in [0.2, 0.25) is 0 Å². The third-order valence-electron chi connectivity index (χ3n) is 3.85. The normalized spacial score (nSPS) is 12.1. The maximum absolute atomic E-state index is 11.6. The fourth-order valence-corrected chi connectivity index (χ4v) is 2.41. The standard InChI is InChI=1S/C16H18N6O/c1-11(21(3)15-8-16(23)20-12(2)19-15)13-4-6-14(7-5-13)22-10-17-9-18-22/h4-11H,1-3H3,(H,19,20,23). The summed E-state index contributed by atoms with van der Waals surface area (Å²) in [6, 6.07) is 9.65. The van der Waals surface area contributed by atoms with Crippen LogP contribution < -0.4 is 10.5 Å². The molecule has 1 aromatic carbocycles. The van der Waals surface area contributed by atoms with Gasteiger partial charge >= 0.3 is 0 Å². The third kappa shape index (κ3) is 3.13. The molecule has 0 radical (unpaired) electrons. The van der Waals surface area contributed by atoms with Crippen LogP contribution in [0.3, 0.4) is 0 Å². The van der Waals surface area contributed by atoms with E-state index in [1.807, 2.05) is 36.2 Å². The molecule has 0 bridgehead atoms. The number of H-pyrrole nitrogens is 1. The Bertz CT molecular complexity index is 838. The highest BCUT2D eigenvalue weighted by molar-refractivity contribution is 5.42. The fraction of sp³-hybridized carbons (Fsp3) is 0.250. The van der Waals surface area contributed by atoms with Crippen molar-refractivity contribution in [3.05, 3.63) is 64.7 Å². The van der Waals surface area contributed by atoms with Crippen LogP contribution in [0.15, 0.2) is 47.8 Å². The summed E-state index contributed by atoms with van der Waals surface area (Å²) in [4.78, 5) is 24.6. The second-order valence-electron chi connectivity index (χ2n) is 5.41. The zero-order chi connectivity index (χ0) is 16.4. The van der Waals surface area contributed by atoms with Gasteiger partial charge in [-0.2, -0.15) is 5.10 Å². The first kappa shape index (κ1) is 15.0. The maximum Gasteiger partial charge on any atom is 0.252 e. The summed E-state index contributed by atoms with van der Waals surface area (Å²) < 4.78 is 1.71. The number of aryl methyl sites for hydroxylation is 1. The van der Waals surface area contributed by atoms with Crippen LogP contribution in [0.5, 0.6) is 0 Å². The molecule has 7 nitrogen and oxygen atoms in total. The molecule has 0 amide bonds. The van der Waals surface area contributed by atoms with E-state index >= 15 is 0 Å². The number of anilines is 1. The quantitative estimate of drug-likeness (QED) is 0.795. The van der Waals surface area contributed by atoms with E-state index in [-0.39, 0.29) is 11.6 Å². The average molecular weight is 310 g/mol. The van der Waals surface area contributed by atoms with E-state index in [0.29, 0.717) is 11.6 Å². The number of aromatic amines is 1. The Morgan fingerprint density at radius 2 is 2.00 bits per heavy atom. The molecule has 1 unspecified atom stereocenters. The van der Waals surface area contributed by atoms with Crippen LogP contribution >= 0.6 is 0 Å². The second-order valence-corrected chi connectivity index (χ2v) is 5.41. The van der Waals surface area contributed by atoms with Gasteiger partial charge in [0.25, 0.3) is 5.56 Å². The van der Waals surface area contributed by atoms with Gasteiger partial charge in [-0.25, -0.2) is 14.6 Å². The zero-order valence-electron chi connectivity index (χ0n) is 13.3. The highest BCUT2D eigenvalue weighted by Gasteiger charge is 2.14. The first-order valence-corrected chi connectivity index (χ1v) is 7.30. The molecular weight excluding hydrogens is 292 g/mol. The Morgan fingerprint density at radius 3 is 2.61 bits per heavy atom. The van der Waals surface area contributed by atoms with Crippen molar-refractivity contribution in [1.29, 1.82) is 0 Å². The molecule has 3 rings (SSSR count). The molecule has 0 saturated carbocycles. The molecule has 1 atom stereocenters. The number of nitrogens with zero attached hydrogens (tertiary/aromatic N) is 5. The zero-order valence-corrected chi connectivity index (χ0v) is 13.3. The van der Waals surface area contributed by atoms with Crippen molar-refractivity contribution in [2.45, 2.75) is 19.9 Å². The Morgan fingerprint density at radius 1 is 1.26 bits per heavy atom. The lowest BCUT2D eigenvalue weighted by Crippen LogP contribution is -2.25. The molecule has 118 valence electrons. The van der Waals surface area contributed by atoms with Gasteiger partial charge in [-0.3, -0.25) is 4.79 Å². The average Bonchev–Trinajstić information content (AvgIpc) is 3.07. The maximum atomic E-state index is 11.6. The predicted octanol–water partition coefficient (Wildman–Crippen LogP) is 1.86. The van der Waals surface area contributed by atoms with Crippen LogP contribution in [0.4, 0.5) is 5.82 Å². The Labute approximate surface area is 133 Å². The SMILES string of the molecule is Cc1nc(N(C)C(C)c2ccc(-n3cncn3)cc2)cc(=O)[nH]1. The molecule has 0 fully saturated rings. The number of nitrogens with one attached hydrogen (secondary N) is 1. The van der Waals surface area contributed by atoms with Crippen LogP contribution in [-0.2, 0) is 0 Å². The summed E-state index contributed by atoms with van der Waals surface area (Å²) >= 11 is 0. The highest BCUT2D eigenvalue weighted by atomic mass is 16.1. The van der Waals surface area contributed by atoms with Gasteiger partial charge in [-0.05, 0) is 31.5 Å². The van der Waals surface area contributed by atoms with E-state index in [1.165, 1.54) is 12.4 Å². The Hall–Kier alpha value is -2.96. The van der Waals surface area contributed by atoms with E-state index in [1.54, 1.807) is 17.9 Å². The van der Waals surface area contributed by atoms with Crippen molar-refractivity contribution < 1.29 is 0 Å². The second kappa shape index (κ2) is 6.04. The van der Waals surface area contributed by atoms with E-state index in [9.17, 15) is 4.79 Å². The molecule has 2 heterocycles. The van der Waals surface area contributed by atoms with E-state index in [0.717, 1.165) is 11.3 Å². The summed E-state index contributed by atoms with van der Waals surface area (Å²) in [5.74, 6) is 1.26. The molecule has 7 heteroatoms. The summed E-state index contributed by atoms with van der Waals surface area (Å²) in [6.45, 7) is 3.85. The lowest BCUT2D eigenvalue weighted by molar-refractivity contribution is 0.722. The number of rotatable bonds is 4. The Balaban J connectivity index is 1.84. The van der Waals surface area contributed by atoms with E-state index in [4.69, 9.17) is 0 Å². The van der Waals surface area contributed by atoms with Gasteiger partial charge in [-0.15, -0.1) is 0 Å². The van der Waals surface area contributed by atoms with Gasteiger partial charge in [0, 0.05) is 13.1 Å². The van der Waals surface area contributed by atoms with Crippen molar-refractivity contribution in [2.75, 3.05) is 11.9 Å². The van der Waals surface area contributed by atoms with Crippen molar-refractivity contribution in [2.24, 2.45) is 0 Å². The molecule has 0 saturated heterocycles. The highest BCUT2D eigenvalue weighted by Crippen LogP contribution is 2.23. The molecular formula is C16H18N6O. The minimum Gasteiger partial charge on any atom is -0.353 e. The molecule has 0 aliphatic rings. The number of benzene rings is 1. The molecule has 3 aromatic rings. The molecule has 23 heavy (non-hydrogen) atoms. The third-order valence-corrected chi connectivity index (χ3v) is 3.85. The lowest BCUT2D eigenvalue weighted by atomic mass is 10.1. The van der Waals surface area contributed by atoms with Crippen molar-refractivity contribution in [3.63, 3.8) is 0 Å². The van der Waals surface area contributed by atoms with Crippen LogP contribution in [0, 0.1) is 6.92 Å². The number of hydrogen-bond donors (Lipinski definition) is 1. The van der Waals surface area contributed by atoms with Crippen molar-refractivity contribution >= 4 is 5.82 Å². The summed E-state index contributed by atoms with van der Waals surface area (Å²) in [6.07, 6.45) is 3.17. The van der Waals surface area contributed by atoms with Gasteiger partial charge in [0.05, 0.1) is 11.7 Å². The predicted molar refractivity (Wildman–Crippen MR) is 87.8 cm³/mol. The Kier molecular flexibility index (Phi) is 3.92. The number of aromatic nitrogens is 5. The van der Waals surface area contributed by atoms with Crippen molar-refractivity contribution in [1.82, 2.24) is 24.7 Å². The largest absolute Gasteiger partial charge is 0.353 e. The van der Waals surface area contributed by atoms with E-state index < -0.39 is 0 Å². The summed E-state index contributed by atoms with van der Waals surface area (Å²) in [5.41, 5.74) is 1.93. The monoisotopic (exact) mass is 310 g/mol. The van der Waals surface area contributed by atoms with Gasteiger partial charge in [0.1, 0.15) is 24.3 Å². The van der Waals surface area contributed by atoms with Gasteiger partial charge < -0.3 is 9.88 Å². The smallest absolute Gasteiger partial charge is 0.252 e. The molecule has 1 N–H and O–H groups in total. The molecule has 0 aliphatic carbocycles. The molecule has 2 aromatic heterocycles. The minimum absolute atomic E-state index is 0.0773. The first-order chi connectivity index (χ1) is 11.0. The molecule has 0 spiro atoms. The topological polar surface area (TPSA) is 79.7 Å². The van der Waals surface area contributed by atoms with Crippen LogP contribution in [0.25, 0.3) is 5.69 Å². The van der Waals surface area contributed by atoms with Gasteiger partial charge in [-0.1, -0.05) is 12.1 Å².